The number of ether oxygens (including phenoxy) is 1. The number of hydrogen-bond donors (Lipinski definition) is 2. The number of halogens is 3. The predicted octanol–water partition coefficient (Wildman–Crippen LogP) is 0.863. The Morgan fingerprint density at radius 3 is 2.08 bits per heavy atom. The molecule has 5 nitrogen and oxygen atoms in total. The van der Waals surface area contributed by atoms with Gasteiger partial charge in [-0.25, -0.2) is 9.36 Å². The monoisotopic (exact) mass is 208 g/mol. The van der Waals surface area contributed by atoms with Crippen molar-refractivity contribution in [3.8, 4) is 0 Å². The SMILES string of the molecule is O=C(OCC(F)(F)F)P(=O)(O)O. The summed E-state index contributed by atoms with van der Waals surface area (Å²) in [7, 11) is -5.20. The van der Waals surface area contributed by atoms with Gasteiger partial charge in [0.25, 0.3) is 0 Å². The molecule has 0 radical (unpaired) electrons. The summed E-state index contributed by atoms with van der Waals surface area (Å²) in [5.74, 6) is 0. The molecule has 0 amide bonds. The van der Waals surface area contributed by atoms with Crippen molar-refractivity contribution in [3.05, 3.63) is 0 Å². The predicted molar refractivity (Wildman–Crippen MR) is 29.4 cm³/mol. The quantitative estimate of drug-likeness (QED) is 0.657. The van der Waals surface area contributed by atoms with Gasteiger partial charge in [0.05, 0.1) is 0 Å². The highest BCUT2D eigenvalue weighted by Gasteiger charge is 2.34. The smallest absolute Gasteiger partial charge is 0.433 e. The fourth-order valence-electron chi connectivity index (χ4n) is 0.228. The summed E-state index contributed by atoms with van der Waals surface area (Å²) in [5.41, 5.74) is -2.18. The zero-order valence-corrected chi connectivity index (χ0v) is 6.30. The molecular formula is C3H4F3O5P. The van der Waals surface area contributed by atoms with Crippen LogP contribution < -0.4 is 0 Å². The first-order valence-corrected chi connectivity index (χ1v) is 4.04. The van der Waals surface area contributed by atoms with Crippen LogP contribution in [0.25, 0.3) is 0 Å². The van der Waals surface area contributed by atoms with Gasteiger partial charge >= 0.3 is 19.5 Å². The van der Waals surface area contributed by atoms with E-state index in [1.807, 2.05) is 0 Å². The molecule has 0 aromatic heterocycles. The van der Waals surface area contributed by atoms with Crippen LogP contribution in [0.4, 0.5) is 18.0 Å². The second-order valence-corrected chi connectivity index (χ2v) is 3.17. The van der Waals surface area contributed by atoms with E-state index < -0.39 is 26.1 Å². The van der Waals surface area contributed by atoms with Crippen molar-refractivity contribution in [3.63, 3.8) is 0 Å². The Bertz CT molecular complexity index is 216. The van der Waals surface area contributed by atoms with Gasteiger partial charge in [-0.05, 0) is 0 Å². The Hall–Kier alpha value is -0.590. The van der Waals surface area contributed by atoms with Gasteiger partial charge in [-0.2, -0.15) is 13.2 Å². The van der Waals surface area contributed by atoms with Gasteiger partial charge in [-0.3, -0.25) is 0 Å². The molecule has 72 valence electrons. The van der Waals surface area contributed by atoms with Crippen LogP contribution >= 0.6 is 7.60 Å². The van der Waals surface area contributed by atoms with E-state index in [1.54, 1.807) is 0 Å². The normalized spacial score (nSPS) is 12.8. The van der Waals surface area contributed by atoms with Gasteiger partial charge in [0.1, 0.15) is 0 Å². The lowest BCUT2D eigenvalue weighted by Crippen LogP contribution is -2.19. The molecule has 0 saturated carbocycles. The summed E-state index contributed by atoms with van der Waals surface area (Å²) in [6.07, 6.45) is -4.79. The van der Waals surface area contributed by atoms with Crippen LogP contribution in [0.15, 0.2) is 0 Å². The molecule has 0 aliphatic rings. The molecule has 9 heteroatoms. The number of rotatable bonds is 2. The second-order valence-electron chi connectivity index (χ2n) is 1.71. The highest BCUT2D eigenvalue weighted by atomic mass is 31.2. The van der Waals surface area contributed by atoms with E-state index in [0.717, 1.165) is 0 Å². The van der Waals surface area contributed by atoms with Crippen molar-refractivity contribution in [1.82, 2.24) is 0 Å². The molecule has 0 aromatic carbocycles. The lowest BCUT2D eigenvalue weighted by molar-refractivity contribution is -0.158. The van der Waals surface area contributed by atoms with E-state index in [4.69, 9.17) is 9.79 Å². The minimum atomic E-state index is -5.20. The minimum Gasteiger partial charge on any atom is -0.447 e. The molecule has 0 aliphatic carbocycles. The lowest BCUT2D eigenvalue weighted by Gasteiger charge is -2.07. The summed E-state index contributed by atoms with van der Waals surface area (Å²) in [6.45, 7) is -2.00. The van der Waals surface area contributed by atoms with E-state index in [2.05, 4.69) is 4.74 Å². The largest absolute Gasteiger partial charge is 0.447 e. The first kappa shape index (κ1) is 11.4. The van der Waals surface area contributed by atoms with Crippen LogP contribution in [0.5, 0.6) is 0 Å². The molecule has 0 heterocycles. The molecule has 0 rings (SSSR count). The van der Waals surface area contributed by atoms with Gasteiger partial charge in [-0.15, -0.1) is 0 Å². The number of carbonyl (C=O) groups is 1. The van der Waals surface area contributed by atoms with Crippen molar-refractivity contribution >= 4 is 13.3 Å². The van der Waals surface area contributed by atoms with E-state index in [9.17, 15) is 22.5 Å². The van der Waals surface area contributed by atoms with E-state index in [-0.39, 0.29) is 0 Å². The fourth-order valence-corrected chi connectivity index (χ4v) is 0.460. The molecule has 0 aromatic rings. The first-order chi connectivity index (χ1) is 5.13. The maximum Gasteiger partial charge on any atom is 0.433 e. The molecular weight excluding hydrogens is 204 g/mol. The van der Waals surface area contributed by atoms with Gasteiger partial charge in [0.2, 0.25) is 0 Å². The molecule has 0 aliphatic heterocycles. The van der Waals surface area contributed by atoms with Crippen LogP contribution in [-0.2, 0) is 9.30 Å². The maximum atomic E-state index is 11.3. The average molecular weight is 208 g/mol. The van der Waals surface area contributed by atoms with Gasteiger partial charge in [0.15, 0.2) is 6.61 Å². The Morgan fingerprint density at radius 2 is 1.83 bits per heavy atom. The third-order valence-electron chi connectivity index (χ3n) is 0.597. The summed E-state index contributed by atoms with van der Waals surface area (Å²) in [5, 5.41) is 0. The Labute approximate surface area is 64.3 Å². The van der Waals surface area contributed by atoms with E-state index in [0.29, 0.717) is 0 Å². The van der Waals surface area contributed by atoms with Crippen LogP contribution in [0.3, 0.4) is 0 Å². The molecule has 0 atom stereocenters. The minimum absolute atomic E-state index is 2.00. The van der Waals surface area contributed by atoms with Gasteiger partial charge in [0, 0.05) is 0 Å². The fraction of sp³-hybridized carbons (Fsp3) is 0.667. The highest BCUT2D eigenvalue weighted by Crippen LogP contribution is 2.37. The van der Waals surface area contributed by atoms with Crippen molar-refractivity contribution in [2.75, 3.05) is 6.61 Å². The van der Waals surface area contributed by atoms with Crippen LogP contribution in [-0.4, -0.2) is 28.3 Å². The molecule has 0 saturated heterocycles. The van der Waals surface area contributed by atoms with E-state index >= 15 is 0 Å². The average Bonchev–Trinajstić information content (AvgIpc) is 1.78. The Morgan fingerprint density at radius 1 is 1.42 bits per heavy atom. The maximum absolute atomic E-state index is 11.3. The van der Waals surface area contributed by atoms with Crippen LogP contribution in [0.1, 0.15) is 0 Å². The summed E-state index contributed by atoms with van der Waals surface area (Å²) in [6, 6.07) is 0. The summed E-state index contributed by atoms with van der Waals surface area (Å²) < 4.78 is 47.0. The third kappa shape index (κ3) is 5.11. The third-order valence-corrected chi connectivity index (χ3v) is 1.20. The molecule has 2 N–H and O–H groups in total. The summed E-state index contributed by atoms with van der Waals surface area (Å²) in [4.78, 5) is 25.9. The Kier molecular flexibility index (Phi) is 3.25. The molecule has 0 fully saturated rings. The van der Waals surface area contributed by atoms with Crippen LogP contribution in [0.2, 0.25) is 0 Å². The lowest BCUT2D eigenvalue weighted by atomic mass is 10.7. The Balaban J connectivity index is 3.98. The highest BCUT2D eigenvalue weighted by molar-refractivity contribution is 7.69. The van der Waals surface area contributed by atoms with Crippen molar-refractivity contribution < 1.29 is 37.1 Å². The molecule has 0 spiro atoms. The van der Waals surface area contributed by atoms with E-state index in [1.165, 1.54) is 0 Å². The van der Waals surface area contributed by atoms with Crippen molar-refractivity contribution in [2.45, 2.75) is 6.18 Å². The zero-order valence-electron chi connectivity index (χ0n) is 5.41. The molecule has 0 bridgehead atoms. The molecule has 12 heavy (non-hydrogen) atoms. The van der Waals surface area contributed by atoms with Crippen LogP contribution in [0, 0.1) is 0 Å². The molecule has 0 unspecified atom stereocenters. The summed E-state index contributed by atoms with van der Waals surface area (Å²) >= 11 is 0. The standard InChI is InChI=1S/C3H4F3O5P/c4-3(5,6)1-11-2(7)12(8,9)10/h1H2,(H2,8,9,10). The van der Waals surface area contributed by atoms with Crippen molar-refractivity contribution in [1.29, 1.82) is 0 Å². The topological polar surface area (TPSA) is 83.8 Å². The first-order valence-electron chi connectivity index (χ1n) is 2.42. The number of hydrogen-bond acceptors (Lipinski definition) is 3. The number of alkyl halides is 3. The second kappa shape index (κ2) is 3.42. The zero-order chi connectivity index (χ0) is 9.99. The number of carbonyl (C=O) groups excluding carboxylic acids is 1. The van der Waals surface area contributed by atoms with Crippen molar-refractivity contribution in [2.24, 2.45) is 0 Å². The van der Waals surface area contributed by atoms with Gasteiger partial charge in [-0.1, -0.05) is 0 Å². The van der Waals surface area contributed by atoms with Gasteiger partial charge < -0.3 is 14.5 Å².